The molecule has 0 radical (unpaired) electrons. The number of morpholine rings is 1. The minimum atomic E-state index is 0.177. The van der Waals surface area contributed by atoms with Gasteiger partial charge < -0.3 is 9.64 Å². The van der Waals surface area contributed by atoms with E-state index < -0.39 is 0 Å². The van der Waals surface area contributed by atoms with Crippen molar-refractivity contribution < 1.29 is 9.53 Å². The molecule has 2 aliphatic rings. The number of fused-ring (bicyclic) bond motifs is 1. The molecule has 0 aromatic heterocycles. The maximum absolute atomic E-state index is 13.1. The lowest BCUT2D eigenvalue weighted by atomic mass is 9.97. The molecule has 2 fully saturated rings. The van der Waals surface area contributed by atoms with E-state index >= 15 is 0 Å². The van der Waals surface area contributed by atoms with Crippen molar-refractivity contribution in [2.24, 2.45) is 0 Å². The SMILES string of the molecule is Cc1ccc(C(=O)N2CCC(N3CCOCC3)CC2)c2ccccc12. The van der Waals surface area contributed by atoms with Crippen molar-refractivity contribution in [3.8, 4) is 0 Å². The third-order valence-electron chi connectivity index (χ3n) is 5.69. The number of ether oxygens (including phenoxy) is 1. The van der Waals surface area contributed by atoms with Gasteiger partial charge in [-0.05, 0) is 42.2 Å². The molecule has 0 unspecified atom stereocenters. The number of likely N-dealkylation sites (tertiary alicyclic amines) is 1. The molecule has 25 heavy (non-hydrogen) atoms. The van der Waals surface area contributed by atoms with E-state index in [9.17, 15) is 4.79 Å². The van der Waals surface area contributed by atoms with Crippen molar-refractivity contribution in [2.75, 3.05) is 39.4 Å². The Morgan fingerprint density at radius 3 is 2.36 bits per heavy atom. The van der Waals surface area contributed by atoms with Crippen LogP contribution in [0.4, 0.5) is 0 Å². The number of amides is 1. The second-order valence-electron chi connectivity index (χ2n) is 7.15. The Balaban J connectivity index is 1.48. The number of aryl methyl sites for hydroxylation is 1. The second kappa shape index (κ2) is 7.14. The van der Waals surface area contributed by atoms with E-state index in [1.807, 2.05) is 23.1 Å². The first-order chi connectivity index (χ1) is 12.2. The number of nitrogens with zero attached hydrogens (tertiary/aromatic N) is 2. The Morgan fingerprint density at radius 2 is 1.64 bits per heavy atom. The normalized spacial score (nSPS) is 20.1. The Morgan fingerprint density at radius 1 is 0.960 bits per heavy atom. The summed E-state index contributed by atoms with van der Waals surface area (Å²) in [5.41, 5.74) is 2.06. The van der Waals surface area contributed by atoms with Gasteiger partial charge in [-0.15, -0.1) is 0 Å². The van der Waals surface area contributed by atoms with Gasteiger partial charge in [0, 0.05) is 37.8 Å². The number of rotatable bonds is 2. The van der Waals surface area contributed by atoms with Crippen LogP contribution >= 0.6 is 0 Å². The summed E-state index contributed by atoms with van der Waals surface area (Å²) in [5, 5.41) is 2.25. The van der Waals surface area contributed by atoms with E-state index in [1.54, 1.807) is 0 Å². The topological polar surface area (TPSA) is 32.8 Å². The van der Waals surface area contributed by atoms with Crippen molar-refractivity contribution in [1.82, 2.24) is 9.80 Å². The van der Waals surface area contributed by atoms with Crippen molar-refractivity contribution in [1.29, 1.82) is 0 Å². The van der Waals surface area contributed by atoms with Crippen LogP contribution in [0.3, 0.4) is 0 Å². The fourth-order valence-corrected chi connectivity index (χ4v) is 4.18. The highest BCUT2D eigenvalue weighted by Crippen LogP contribution is 2.25. The predicted octanol–water partition coefficient (Wildman–Crippen LogP) is 3.09. The van der Waals surface area contributed by atoms with E-state index in [0.717, 1.165) is 63.2 Å². The third kappa shape index (κ3) is 3.29. The summed E-state index contributed by atoms with van der Waals surface area (Å²) in [6, 6.07) is 12.9. The average molecular weight is 338 g/mol. The summed E-state index contributed by atoms with van der Waals surface area (Å²) >= 11 is 0. The third-order valence-corrected chi connectivity index (χ3v) is 5.69. The van der Waals surface area contributed by atoms with Crippen LogP contribution in [-0.2, 0) is 4.74 Å². The fraction of sp³-hybridized carbons (Fsp3) is 0.476. The zero-order valence-electron chi connectivity index (χ0n) is 14.9. The van der Waals surface area contributed by atoms with Gasteiger partial charge in [-0.25, -0.2) is 0 Å². The largest absolute Gasteiger partial charge is 0.379 e. The van der Waals surface area contributed by atoms with E-state index in [0.29, 0.717) is 6.04 Å². The molecule has 4 heteroatoms. The maximum atomic E-state index is 13.1. The van der Waals surface area contributed by atoms with Crippen LogP contribution in [0.2, 0.25) is 0 Å². The van der Waals surface area contributed by atoms with Crippen molar-refractivity contribution >= 4 is 16.7 Å². The molecule has 0 bridgehead atoms. The quantitative estimate of drug-likeness (QED) is 0.844. The van der Waals surface area contributed by atoms with Crippen LogP contribution < -0.4 is 0 Å². The number of hydrogen-bond acceptors (Lipinski definition) is 3. The van der Waals surface area contributed by atoms with Gasteiger partial charge in [0.25, 0.3) is 5.91 Å². The van der Waals surface area contributed by atoms with Crippen molar-refractivity contribution in [3.63, 3.8) is 0 Å². The van der Waals surface area contributed by atoms with Gasteiger partial charge in [0.2, 0.25) is 0 Å². The molecule has 1 amide bonds. The molecule has 0 saturated carbocycles. The molecule has 0 spiro atoms. The highest BCUT2D eigenvalue weighted by atomic mass is 16.5. The number of carbonyl (C=O) groups is 1. The maximum Gasteiger partial charge on any atom is 0.254 e. The fourth-order valence-electron chi connectivity index (χ4n) is 4.18. The molecule has 2 aromatic carbocycles. The molecular weight excluding hydrogens is 312 g/mol. The summed E-state index contributed by atoms with van der Waals surface area (Å²) in [7, 11) is 0. The summed E-state index contributed by atoms with van der Waals surface area (Å²) in [6.07, 6.45) is 2.13. The number of benzene rings is 2. The summed E-state index contributed by atoms with van der Waals surface area (Å²) in [4.78, 5) is 17.7. The van der Waals surface area contributed by atoms with Gasteiger partial charge >= 0.3 is 0 Å². The zero-order valence-corrected chi connectivity index (χ0v) is 14.9. The van der Waals surface area contributed by atoms with Crippen LogP contribution in [0.5, 0.6) is 0 Å². The Kier molecular flexibility index (Phi) is 4.73. The van der Waals surface area contributed by atoms with Crippen LogP contribution in [0.15, 0.2) is 36.4 Å². The lowest BCUT2D eigenvalue weighted by molar-refractivity contribution is 0.00161. The summed E-state index contributed by atoms with van der Waals surface area (Å²) in [5.74, 6) is 0.177. The molecule has 2 heterocycles. The van der Waals surface area contributed by atoms with Gasteiger partial charge in [0.05, 0.1) is 13.2 Å². The molecule has 4 rings (SSSR count). The first-order valence-electron chi connectivity index (χ1n) is 9.33. The molecule has 2 saturated heterocycles. The second-order valence-corrected chi connectivity index (χ2v) is 7.15. The molecule has 132 valence electrons. The number of carbonyl (C=O) groups excluding carboxylic acids is 1. The van der Waals surface area contributed by atoms with Gasteiger partial charge in [-0.1, -0.05) is 30.3 Å². The molecule has 4 nitrogen and oxygen atoms in total. The minimum Gasteiger partial charge on any atom is -0.379 e. The van der Waals surface area contributed by atoms with Gasteiger partial charge in [-0.3, -0.25) is 9.69 Å². The van der Waals surface area contributed by atoms with Crippen molar-refractivity contribution in [2.45, 2.75) is 25.8 Å². The molecule has 2 aromatic rings. The van der Waals surface area contributed by atoms with Crippen LogP contribution in [0, 0.1) is 6.92 Å². The number of hydrogen-bond donors (Lipinski definition) is 0. The van der Waals surface area contributed by atoms with Gasteiger partial charge in [0.15, 0.2) is 0 Å². The lowest BCUT2D eigenvalue weighted by Gasteiger charge is -2.40. The highest BCUT2D eigenvalue weighted by molar-refractivity contribution is 6.07. The molecular formula is C21H26N2O2. The Labute approximate surface area is 149 Å². The van der Waals surface area contributed by atoms with Gasteiger partial charge in [-0.2, -0.15) is 0 Å². The Bertz CT molecular complexity index is 760. The predicted molar refractivity (Wildman–Crippen MR) is 100 cm³/mol. The smallest absolute Gasteiger partial charge is 0.254 e. The van der Waals surface area contributed by atoms with Gasteiger partial charge in [0.1, 0.15) is 0 Å². The zero-order chi connectivity index (χ0) is 17.2. The van der Waals surface area contributed by atoms with Crippen LogP contribution in [0.1, 0.15) is 28.8 Å². The van der Waals surface area contributed by atoms with E-state index in [-0.39, 0.29) is 5.91 Å². The minimum absolute atomic E-state index is 0.177. The molecule has 2 aliphatic heterocycles. The van der Waals surface area contributed by atoms with Crippen LogP contribution in [0.25, 0.3) is 10.8 Å². The number of piperidine rings is 1. The highest BCUT2D eigenvalue weighted by Gasteiger charge is 2.28. The molecule has 0 atom stereocenters. The average Bonchev–Trinajstić information content (AvgIpc) is 2.69. The first kappa shape index (κ1) is 16.6. The van der Waals surface area contributed by atoms with E-state index in [4.69, 9.17) is 4.74 Å². The monoisotopic (exact) mass is 338 g/mol. The summed E-state index contributed by atoms with van der Waals surface area (Å²) < 4.78 is 5.45. The van der Waals surface area contributed by atoms with E-state index in [2.05, 4.69) is 30.0 Å². The Hall–Kier alpha value is -1.91. The summed E-state index contributed by atoms with van der Waals surface area (Å²) in [6.45, 7) is 7.54. The standard InChI is InChI=1S/C21H26N2O2/c1-16-6-7-20(19-5-3-2-4-18(16)19)21(24)23-10-8-17(9-11-23)22-12-14-25-15-13-22/h2-7,17H,8-15H2,1H3. The van der Waals surface area contributed by atoms with Crippen molar-refractivity contribution in [3.05, 3.63) is 47.5 Å². The van der Waals surface area contributed by atoms with Crippen LogP contribution in [-0.4, -0.2) is 61.1 Å². The van der Waals surface area contributed by atoms with E-state index in [1.165, 1.54) is 10.9 Å². The lowest BCUT2D eigenvalue weighted by Crippen LogP contribution is -2.50. The first-order valence-corrected chi connectivity index (χ1v) is 9.33. The molecule has 0 N–H and O–H groups in total. The molecule has 0 aliphatic carbocycles.